The zero-order chi connectivity index (χ0) is 16.9. The Bertz CT molecular complexity index is 647. The summed E-state index contributed by atoms with van der Waals surface area (Å²) in [6.45, 7) is 2.71. The second kappa shape index (κ2) is 7.65. The Labute approximate surface area is 136 Å². The van der Waals surface area contributed by atoms with E-state index in [0.29, 0.717) is 30.2 Å². The van der Waals surface area contributed by atoms with Gasteiger partial charge in [0.15, 0.2) is 5.16 Å². The maximum absolute atomic E-state index is 13.0. The molecule has 23 heavy (non-hydrogen) atoms. The van der Waals surface area contributed by atoms with E-state index >= 15 is 0 Å². The number of ether oxygens (including phenoxy) is 1. The lowest BCUT2D eigenvalue weighted by Crippen LogP contribution is -2.11. The maximum atomic E-state index is 13.0. The number of hydrogen-bond donors (Lipinski definition) is 1. The predicted molar refractivity (Wildman–Crippen MR) is 83.4 cm³/mol. The molecule has 2 aromatic rings. The van der Waals surface area contributed by atoms with Crippen LogP contribution in [0.15, 0.2) is 35.5 Å². The minimum Gasteiger partial charge on any atom is -0.494 e. The van der Waals surface area contributed by atoms with Gasteiger partial charge in [-0.3, -0.25) is 0 Å². The molecule has 0 amide bonds. The monoisotopic (exact) mass is 343 g/mol. The fraction of sp³-hybridized carbons (Fsp3) is 0.333. The van der Waals surface area contributed by atoms with Crippen LogP contribution in [0.3, 0.4) is 0 Å². The predicted octanol–water partition coefficient (Wildman–Crippen LogP) is 3.61. The summed E-state index contributed by atoms with van der Waals surface area (Å²) in [5, 5.41) is 0.0640. The Morgan fingerprint density at radius 3 is 2.43 bits per heavy atom. The van der Waals surface area contributed by atoms with Crippen LogP contribution in [0.1, 0.15) is 12.6 Å². The molecular formula is C15H16F3N3OS. The van der Waals surface area contributed by atoms with Crippen molar-refractivity contribution in [2.75, 3.05) is 18.9 Å². The van der Waals surface area contributed by atoms with E-state index < -0.39 is 11.9 Å². The first-order chi connectivity index (χ1) is 10.9. The number of nitrogens with zero attached hydrogens (tertiary/aromatic N) is 2. The van der Waals surface area contributed by atoms with Crippen LogP contribution in [0.5, 0.6) is 5.75 Å². The van der Waals surface area contributed by atoms with Gasteiger partial charge in [0.1, 0.15) is 11.4 Å². The molecule has 0 aliphatic rings. The summed E-state index contributed by atoms with van der Waals surface area (Å²) in [6.07, 6.45) is -4.53. The quantitative estimate of drug-likeness (QED) is 0.641. The van der Waals surface area contributed by atoms with Crippen molar-refractivity contribution in [3.8, 4) is 17.0 Å². The summed E-state index contributed by atoms with van der Waals surface area (Å²) in [4.78, 5) is 7.75. The Balaban J connectivity index is 2.39. The third-order valence-electron chi connectivity index (χ3n) is 2.81. The molecule has 1 aromatic carbocycles. The van der Waals surface area contributed by atoms with Gasteiger partial charge in [-0.1, -0.05) is 11.8 Å². The number of halogens is 3. The third kappa shape index (κ3) is 4.84. The molecule has 0 saturated carbocycles. The van der Waals surface area contributed by atoms with Gasteiger partial charge in [-0.15, -0.1) is 0 Å². The van der Waals surface area contributed by atoms with Crippen LogP contribution >= 0.6 is 11.8 Å². The largest absolute Gasteiger partial charge is 0.494 e. The molecule has 0 bridgehead atoms. The van der Waals surface area contributed by atoms with Crippen LogP contribution in [0.25, 0.3) is 11.3 Å². The first-order valence-electron chi connectivity index (χ1n) is 6.96. The van der Waals surface area contributed by atoms with Gasteiger partial charge < -0.3 is 10.5 Å². The van der Waals surface area contributed by atoms with Crippen LogP contribution in [-0.2, 0) is 6.18 Å². The molecule has 0 saturated heterocycles. The van der Waals surface area contributed by atoms with Gasteiger partial charge in [0, 0.05) is 17.9 Å². The fourth-order valence-corrected chi connectivity index (χ4v) is 2.45. The van der Waals surface area contributed by atoms with Gasteiger partial charge in [0.25, 0.3) is 0 Å². The first kappa shape index (κ1) is 17.6. The van der Waals surface area contributed by atoms with Crippen molar-refractivity contribution in [3.63, 3.8) is 0 Å². The van der Waals surface area contributed by atoms with Gasteiger partial charge in [0.2, 0.25) is 0 Å². The number of benzene rings is 1. The Hall–Kier alpha value is -1.80. The number of nitrogens with two attached hydrogens (primary N) is 1. The molecule has 0 aliphatic carbocycles. The number of hydrogen-bond acceptors (Lipinski definition) is 5. The highest BCUT2D eigenvalue weighted by molar-refractivity contribution is 7.99. The fourth-order valence-electron chi connectivity index (χ4n) is 1.82. The van der Waals surface area contributed by atoms with Crippen LogP contribution < -0.4 is 10.5 Å². The van der Waals surface area contributed by atoms with Crippen molar-refractivity contribution in [3.05, 3.63) is 36.0 Å². The van der Waals surface area contributed by atoms with Crippen LogP contribution in [0, 0.1) is 0 Å². The van der Waals surface area contributed by atoms with Gasteiger partial charge in [-0.05, 0) is 37.3 Å². The molecule has 0 atom stereocenters. The number of thioether (sulfide) groups is 1. The molecular weight excluding hydrogens is 327 g/mol. The summed E-state index contributed by atoms with van der Waals surface area (Å²) in [7, 11) is 0. The van der Waals surface area contributed by atoms with Crippen LogP contribution in [0.2, 0.25) is 0 Å². The second-order valence-corrected chi connectivity index (χ2v) is 5.58. The molecule has 0 aliphatic heterocycles. The lowest BCUT2D eigenvalue weighted by atomic mass is 10.1. The third-order valence-corrected chi connectivity index (χ3v) is 3.69. The van der Waals surface area contributed by atoms with E-state index in [0.717, 1.165) is 17.8 Å². The van der Waals surface area contributed by atoms with Crippen molar-refractivity contribution < 1.29 is 17.9 Å². The van der Waals surface area contributed by atoms with Crippen molar-refractivity contribution in [1.82, 2.24) is 9.97 Å². The average molecular weight is 343 g/mol. The average Bonchev–Trinajstić information content (AvgIpc) is 2.53. The van der Waals surface area contributed by atoms with E-state index in [1.54, 1.807) is 24.3 Å². The summed E-state index contributed by atoms with van der Waals surface area (Å²) in [6, 6.07) is 7.68. The Kier molecular flexibility index (Phi) is 5.84. The van der Waals surface area contributed by atoms with Gasteiger partial charge in [0.05, 0.1) is 12.3 Å². The zero-order valence-electron chi connectivity index (χ0n) is 12.4. The minimum absolute atomic E-state index is 0.0640. The van der Waals surface area contributed by atoms with E-state index in [1.165, 1.54) is 0 Å². The zero-order valence-corrected chi connectivity index (χ0v) is 13.2. The molecule has 1 aromatic heterocycles. The molecule has 0 radical (unpaired) electrons. The summed E-state index contributed by atoms with van der Waals surface area (Å²) >= 11 is 1.10. The van der Waals surface area contributed by atoms with Gasteiger partial charge in [-0.2, -0.15) is 13.2 Å². The number of aromatic nitrogens is 2. The van der Waals surface area contributed by atoms with E-state index in [9.17, 15) is 13.2 Å². The molecule has 124 valence electrons. The molecule has 8 heteroatoms. The van der Waals surface area contributed by atoms with Crippen LogP contribution in [-0.4, -0.2) is 28.9 Å². The van der Waals surface area contributed by atoms with E-state index in [1.807, 2.05) is 6.92 Å². The van der Waals surface area contributed by atoms with E-state index in [-0.39, 0.29) is 10.9 Å². The highest BCUT2D eigenvalue weighted by Crippen LogP contribution is 2.32. The highest BCUT2D eigenvalue weighted by Gasteiger charge is 2.33. The van der Waals surface area contributed by atoms with Crippen molar-refractivity contribution in [2.45, 2.75) is 18.3 Å². The number of rotatable bonds is 6. The summed E-state index contributed by atoms with van der Waals surface area (Å²) < 4.78 is 44.3. The second-order valence-electron chi connectivity index (χ2n) is 4.51. The molecule has 0 unspecified atom stereocenters. The summed E-state index contributed by atoms with van der Waals surface area (Å²) in [5.74, 6) is 1.10. The van der Waals surface area contributed by atoms with E-state index in [2.05, 4.69) is 9.97 Å². The SMILES string of the molecule is CCOc1ccc(-c2cc(C(F)(F)F)nc(SCCN)n2)cc1. The molecule has 4 nitrogen and oxygen atoms in total. The maximum Gasteiger partial charge on any atom is 0.433 e. The van der Waals surface area contributed by atoms with Crippen molar-refractivity contribution >= 4 is 11.8 Å². The first-order valence-corrected chi connectivity index (χ1v) is 7.95. The smallest absolute Gasteiger partial charge is 0.433 e. The number of alkyl halides is 3. The topological polar surface area (TPSA) is 61.0 Å². The van der Waals surface area contributed by atoms with E-state index in [4.69, 9.17) is 10.5 Å². The lowest BCUT2D eigenvalue weighted by Gasteiger charge is -2.11. The Morgan fingerprint density at radius 1 is 1.17 bits per heavy atom. The van der Waals surface area contributed by atoms with Gasteiger partial charge in [-0.25, -0.2) is 9.97 Å². The van der Waals surface area contributed by atoms with Crippen molar-refractivity contribution in [1.29, 1.82) is 0 Å². The van der Waals surface area contributed by atoms with Crippen LogP contribution in [0.4, 0.5) is 13.2 Å². The van der Waals surface area contributed by atoms with Gasteiger partial charge >= 0.3 is 6.18 Å². The molecule has 2 N–H and O–H groups in total. The molecule has 1 heterocycles. The molecule has 2 rings (SSSR count). The Morgan fingerprint density at radius 2 is 1.87 bits per heavy atom. The summed E-state index contributed by atoms with van der Waals surface area (Å²) in [5.41, 5.74) is 5.20. The minimum atomic E-state index is -4.53. The normalized spacial score (nSPS) is 11.5. The standard InChI is InChI=1S/C15H16F3N3OS/c1-2-22-11-5-3-10(4-6-11)12-9-13(15(16,17)18)21-14(20-12)23-8-7-19/h3-6,9H,2,7-8,19H2,1H3. The highest BCUT2D eigenvalue weighted by atomic mass is 32.2. The van der Waals surface area contributed by atoms with Crippen molar-refractivity contribution in [2.24, 2.45) is 5.73 Å². The molecule has 0 fully saturated rings. The lowest BCUT2D eigenvalue weighted by molar-refractivity contribution is -0.141. The molecule has 0 spiro atoms.